The van der Waals surface area contributed by atoms with Crippen molar-refractivity contribution in [2.75, 3.05) is 19.2 Å². The number of esters is 2. The molecule has 2 heterocycles. The third-order valence-electron chi connectivity index (χ3n) is 7.04. The summed E-state index contributed by atoms with van der Waals surface area (Å²) in [5.74, 6) is -2.35. The number of para-hydroxylation sites is 1. The number of hydrazine groups is 1. The Morgan fingerprint density at radius 2 is 1.49 bits per heavy atom. The number of anilines is 1. The highest BCUT2D eigenvalue weighted by atomic mass is 19.1. The predicted molar refractivity (Wildman–Crippen MR) is 135 cm³/mol. The van der Waals surface area contributed by atoms with E-state index in [-0.39, 0.29) is 12.3 Å². The quantitative estimate of drug-likeness (QED) is 0.386. The summed E-state index contributed by atoms with van der Waals surface area (Å²) >= 11 is 0. The van der Waals surface area contributed by atoms with E-state index in [4.69, 9.17) is 9.47 Å². The van der Waals surface area contributed by atoms with Gasteiger partial charge in [0.15, 0.2) is 5.41 Å². The second kappa shape index (κ2) is 9.54. The van der Waals surface area contributed by atoms with Crippen LogP contribution in [0.4, 0.5) is 10.1 Å². The Kier molecular flexibility index (Phi) is 6.25. The lowest BCUT2D eigenvalue weighted by Gasteiger charge is -2.56. The zero-order chi connectivity index (χ0) is 26.2. The van der Waals surface area contributed by atoms with Crippen molar-refractivity contribution in [3.63, 3.8) is 0 Å². The number of ether oxygens (including phenoxy) is 2. The fourth-order valence-electron chi connectivity index (χ4n) is 5.30. The summed E-state index contributed by atoms with van der Waals surface area (Å²) in [5, 5.41) is 3.23. The second-order valence-electron chi connectivity index (χ2n) is 8.95. The molecule has 3 aromatic rings. The summed E-state index contributed by atoms with van der Waals surface area (Å²) in [7, 11) is 2.43. The van der Waals surface area contributed by atoms with Gasteiger partial charge < -0.3 is 9.47 Å². The van der Waals surface area contributed by atoms with Gasteiger partial charge in [0, 0.05) is 12.0 Å². The Balaban J connectivity index is 1.80. The van der Waals surface area contributed by atoms with Gasteiger partial charge >= 0.3 is 11.9 Å². The van der Waals surface area contributed by atoms with Crippen molar-refractivity contribution in [3.05, 3.63) is 107 Å². The molecule has 0 radical (unpaired) electrons. The van der Waals surface area contributed by atoms with Gasteiger partial charge in [0.05, 0.1) is 32.0 Å². The average molecular weight is 501 g/mol. The highest BCUT2D eigenvalue weighted by Gasteiger charge is 2.63. The van der Waals surface area contributed by atoms with E-state index in [0.717, 1.165) is 5.56 Å². The normalized spacial score (nSPS) is 19.4. The van der Waals surface area contributed by atoms with Crippen molar-refractivity contribution >= 4 is 29.6 Å². The van der Waals surface area contributed by atoms with E-state index in [9.17, 15) is 18.8 Å². The van der Waals surface area contributed by atoms with Crippen LogP contribution in [0.15, 0.2) is 84.9 Å². The van der Waals surface area contributed by atoms with Crippen LogP contribution in [-0.4, -0.2) is 43.1 Å². The Hall–Kier alpha value is -4.46. The first-order valence-electron chi connectivity index (χ1n) is 11.8. The molecule has 37 heavy (non-hydrogen) atoms. The van der Waals surface area contributed by atoms with Gasteiger partial charge in [-0.25, -0.2) is 9.40 Å². The van der Waals surface area contributed by atoms with Crippen LogP contribution in [-0.2, 0) is 19.1 Å². The van der Waals surface area contributed by atoms with Crippen LogP contribution in [0.2, 0.25) is 0 Å². The molecule has 0 N–H and O–H groups in total. The molecule has 3 aromatic carbocycles. The molecule has 2 aliphatic rings. The van der Waals surface area contributed by atoms with Gasteiger partial charge in [-0.15, -0.1) is 0 Å². The molecule has 5 rings (SSSR count). The standard InChI is InChI=1S/C29H25FN2O5/c1-36-27(34)29(28(35)37-2)18-24(20-12-15-22(30)16-13-20)32(26(33)21-9-4-3-5-10-21)31-23-11-7-6-8-19(23)14-17-25(29)31/h3-17,24-25H,18H2,1-2H3/t24-,25-/m0/s1. The molecule has 0 aromatic heterocycles. The minimum atomic E-state index is -1.81. The van der Waals surface area contributed by atoms with Crippen molar-refractivity contribution < 1.29 is 28.2 Å². The third-order valence-corrected chi connectivity index (χ3v) is 7.04. The van der Waals surface area contributed by atoms with Gasteiger partial charge in [-0.05, 0) is 41.5 Å². The Bertz CT molecular complexity index is 1360. The summed E-state index contributed by atoms with van der Waals surface area (Å²) in [4.78, 5) is 41.1. The first kappa shape index (κ1) is 24.2. The molecule has 0 spiro atoms. The largest absolute Gasteiger partial charge is 0.468 e. The van der Waals surface area contributed by atoms with E-state index in [0.29, 0.717) is 16.8 Å². The number of hydrogen-bond acceptors (Lipinski definition) is 6. The van der Waals surface area contributed by atoms with Gasteiger partial charge in [-0.2, -0.15) is 0 Å². The summed E-state index contributed by atoms with van der Waals surface area (Å²) in [5.41, 5.74) is 0.591. The van der Waals surface area contributed by atoms with Crippen molar-refractivity contribution in [3.8, 4) is 0 Å². The molecule has 188 valence electrons. The number of halogens is 1. The minimum absolute atomic E-state index is 0.135. The number of fused-ring (bicyclic) bond motifs is 3. The van der Waals surface area contributed by atoms with Crippen molar-refractivity contribution in [2.24, 2.45) is 5.41 Å². The topological polar surface area (TPSA) is 76.2 Å². The average Bonchev–Trinajstić information content (AvgIpc) is 2.95. The Morgan fingerprint density at radius 1 is 0.865 bits per heavy atom. The molecule has 7 nitrogen and oxygen atoms in total. The Labute approximate surface area is 213 Å². The molecule has 1 saturated heterocycles. The lowest BCUT2D eigenvalue weighted by atomic mass is 9.70. The highest BCUT2D eigenvalue weighted by molar-refractivity contribution is 6.04. The van der Waals surface area contributed by atoms with E-state index in [1.807, 2.05) is 36.4 Å². The van der Waals surface area contributed by atoms with Gasteiger partial charge in [-0.1, -0.05) is 60.7 Å². The number of amides is 1. The number of nitrogens with zero attached hydrogens (tertiary/aromatic N) is 2. The van der Waals surface area contributed by atoms with Crippen molar-refractivity contribution in [1.82, 2.24) is 5.01 Å². The monoisotopic (exact) mass is 500 g/mol. The molecule has 0 saturated carbocycles. The van der Waals surface area contributed by atoms with Crippen LogP contribution >= 0.6 is 0 Å². The number of carbonyl (C=O) groups excluding carboxylic acids is 3. The van der Waals surface area contributed by atoms with Crippen LogP contribution in [0, 0.1) is 11.2 Å². The highest BCUT2D eigenvalue weighted by Crippen LogP contribution is 2.51. The number of methoxy groups -OCH3 is 2. The van der Waals surface area contributed by atoms with Crippen molar-refractivity contribution in [1.29, 1.82) is 0 Å². The molecule has 0 unspecified atom stereocenters. The summed E-state index contributed by atoms with van der Waals surface area (Å²) in [6, 6.07) is 20.0. The van der Waals surface area contributed by atoms with E-state index in [2.05, 4.69) is 0 Å². The molecule has 1 fully saturated rings. The predicted octanol–water partition coefficient (Wildman–Crippen LogP) is 4.56. The van der Waals surface area contributed by atoms with Crippen LogP contribution in [0.25, 0.3) is 6.08 Å². The SMILES string of the molecule is COC(=O)C1(C(=O)OC)C[C@@H](c2ccc(F)cc2)N(C(=O)c2ccccc2)N2c3ccccc3C=C[C@H]21. The van der Waals surface area contributed by atoms with E-state index < -0.39 is 35.3 Å². The molecule has 2 aliphatic heterocycles. The lowest BCUT2D eigenvalue weighted by Crippen LogP contribution is -2.68. The summed E-state index contributed by atoms with van der Waals surface area (Å²) in [6.45, 7) is 0. The number of rotatable bonds is 4. The fraction of sp³-hybridized carbons (Fsp3) is 0.207. The number of carbonyl (C=O) groups is 3. The van der Waals surface area contributed by atoms with Crippen LogP contribution in [0.5, 0.6) is 0 Å². The van der Waals surface area contributed by atoms with Crippen molar-refractivity contribution in [2.45, 2.75) is 18.5 Å². The zero-order valence-electron chi connectivity index (χ0n) is 20.3. The van der Waals surface area contributed by atoms with Crippen LogP contribution < -0.4 is 5.01 Å². The molecule has 0 bridgehead atoms. The number of hydrogen-bond donors (Lipinski definition) is 0. The zero-order valence-corrected chi connectivity index (χ0v) is 20.3. The smallest absolute Gasteiger partial charge is 0.325 e. The third kappa shape index (κ3) is 3.85. The first-order valence-corrected chi connectivity index (χ1v) is 11.8. The van der Waals surface area contributed by atoms with Gasteiger partial charge in [-0.3, -0.25) is 19.4 Å². The fourth-order valence-corrected chi connectivity index (χ4v) is 5.30. The van der Waals surface area contributed by atoms with E-state index in [1.54, 1.807) is 52.5 Å². The maximum atomic E-state index is 14.2. The van der Waals surface area contributed by atoms with Gasteiger partial charge in [0.1, 0.15) is 5.82 Å². The molecule has 8 heteroatoms. The molecule has 1 amide bonds. The molecular formula is C29H25FN2O5. The number of benzene rings is 3. The molecule has 2 atom stereocenters. The molecule has 0 aliphatic carbocycles. The minimum Gasteiger partial charge on any atom is -0.468 e. The lowest BCUT2D eigenvalue weighted by molar-refractivity contribution is -0.175. The van der Waals surface area contributed by atoms with E-state index >= 15 is 0 Å². The maximum Gasteiger partial charge on any atom is 0.325 e. The van der Waals surface area contributed by atoms with Crippen LogP contribution in [0.1, 0.15) is 33.9 Å². The summed E-state index contributed by atoms with van der Waals surface area (Å²) in [6.07, 6.45) is 3.41. The van der Waals surface area contributed by atoms with Gasteiger partial charge in [0.2, 0.25) is 0 Å². The van der Waals surface area contributed by atoms with E-state index in [1.165, 1.54) is 26.4 Å². The summed E-state index contributed by atoms with van der Waals surface area (Å²) < 4.78 is 24.3. The maximum absolute atomic E-state index is 14.2. The van der Waals surface area contributed by atoms with Crippen LogP contribution in [0.3, 0.4) is 0 Å². The Morgan fingerprint density at radius 3 is 2.14 bits per heavy atom. The van der Waals surface area contributed by atoms with Gasteiger partial charge in [0.25, 0.3) is 5.91 Å². The first-order chi connectivity index (χ1) is 17.9. The second-order valence-corrected chi connectivity index (χ2v) is 8.95. The molecular weight excluding hydrogens is 475 g/mol.